The largest absolute Gasteiger partial charge is 0.383 e. The van der Waals surface area contributed by atoms with Gasteiger partial charge in [-0.1, -0.05) is 18.2 Å². The summed E-state index contributed by atoms with van der Waals surface area (Å²) in [5, 5.41) is 10.3. The molecule has 0 amide bonds. The molecule has 0 saturated carbocycles. The zero-order valence-corrected chi connectivity index (χ0v) is 11.7. The molecule has 0 spiro atoms. The standard InChI is InChI=1S/C14H13BrOS/c15-13-7-6-12(17-13)14(16)11-5-4-9-2-1-3-10(9)8-11/h4-8,14,16H,1-3H2. The summed E-state index contributed by atoms with van der Waals surface area (Å²) < 4.78 is 1.06. The first kappa shape index (κ1) is 11.5. The molecule has 1 aliphatic rings. The SMILES string of the molecule is OC(c1ccc2c(c1)CCC2)c1ccc(Br)s1. The number of fused-ring (bicyclic) bond motifs is 1. The Balaban J connectivity index is 1.94. The first-order chi connectivity index (χ1) is 8.24. The molecule has 2 aromatic rings. The van der Waals surface area contributed by atoms with E-state index in [1.807, 2.05) is 12.1 Å². The van der Waals surface area contributed by atoms with Crippen LogP contribution in [0.1, 0.15) is 34.1 Å². The Bertz CT molecular complexity index is 547. The summed E-state index contributed by atoms with van der Waals surface area (Å²) in [5.74, 6) is 0. The van der Waals surface area contributed by atoms with Crippen molar-refractivity contribution in [2.45, 2.75) is 25.4 Å². The van der Waals surface area contributed by atoms with Crippen molar-refractivity contribution in [3.8, 4) is 0 Å². The molecule has 3 heteroatoms. The summed E-state index contributed by atoms with van der Waals surface area (Å²) in [4.78, 5) is 0.995. The number of benzene rings is 1. The van der Waals surface area contributed by atoms with Crippen LogP contribution in [0.15, 0.2) is 34.1 Å². The lowest BCUT2D eigenvalue weighted by Gasteiger charge is -2.10. The summed E-state index contributed by atoms with van der Waals surface area (Å²) >= 11 is 5.02. The highest BCUT2D eigenvalue weighted by molar-refractivity contribution is 9.11. The summed E-state index contributed by atoms with van der Waals surface area (Å²) in [6.45, 7) is 0. The summed E-state index contributed by atoms with van der Waals surface area (Å²) in [5.41, 5.74) is 3.88. The molecule has 0 aliphatic heterocycles. The molecule has 0 radical (unpaired) electrons. The fraction of sp³-hybridized carbons (Fsp3) is 0.286. The van der Waals surface area contributed by atoms with Crippen LogP contribution in [0.3, 0.4) is 0 Å². The van der Waals surface area contributed by atoms with E-state index >= 15 is 0 Å². The van der Waals surface area contributed by atoms with E-state index in [0.29, 0.717) is 0 Å². The van der Waals surface area contributed by atoms with Crippen LogP contribution in [0.4, 0.5) is 0 Å². The number of rotatable bonds is 2. The smallest absolute Gasteiger partial charge is 0.113 e. The van der Waals surface area contributed by atoms with Crippen molar-refractivity contribution in [2.75, 3.05) is 0 Å². The molecule has 1 aromatic carbocycles. The highest BCUT2D eigenvalue weighted by Crippen LogP contribution is 2.33. The van der Waals surface area contributed by atoms with Gasteiger partial charge in [0.25, 0.3) is 0 Å². The highest BCUT2D eigenvalue weighted by Gasteiger charge is 2.16. The fourth-order valence-electron chi connectivity index (χ4n) is 2.40. The van der Waals surface area contributed by atoms with Crippen LogP contribution in [-0.2, 0) is 12.8 Å². The zero-order valence-electron chi connectivity index (χ0n) is 9.32. The van der Waals surface area contributed by atoms with Crippen molar-refractivity contribution >= 4 is 27.3 Å². The second kappa shape index (κ2) is 4.56. The van der Waals surface area contributed by atoms with Gasteiger partial charge in [-0.3, -0.25) is 0 Å². The summed E-state index contributed by atoms with van der Waals surface area (Å²) in [6, 6.07) is 10.4. The first-order valence-corrected chi connectivity index (χ1v) is 7.40. The molecule has 1 aliphatic carbocycles. The van der Waals surface area contributed by atoms with E-state index in [2.05, 4.69) is 34.1 Å². The molecule has 1 heterocycles. The van der Waals surface area contributed by atoms with Gasteiger partial charge in [-0.25, -0.2) is 0 Å². The lowest BCUT2D eigenvalue weighted by Crippen LogP contribution is -1.98. The third kappa shape index (κ3) is 2.19. The number of hydrogen-bond acceptors (Lipinski definition) is 2. The average molecular weight is 309 g/mol. The van der Waals surface area contributed by atoms with Gasteiger partial charge >= 0.3 is 0 Å². The van der Waals surface area contributed by atoms with Gasteiger partial charge in [-0.15, -0.1) is 11.3 Å². The number of hydrogen-bond donors (Lipinski definition) is 1. The van der Waals surface area contributed by atoms with Crippen LogP contribution in [0.5, 0.6) is 0 Å². The molecule has 17 heavy (non-hydrogen) atoms. The first-order valence-electron chi connectivity index (χ1n) is 5.79. The van der Waals surface area contributed by atoms with Gasteiger partial charge in [0.05, 0.1) is 3.79 Å². The van der Waals surface area contributed by atoms with Crippen molar-refractivity contribution in [3.05, 3.63) is 55.7 Å². The fourth-order valence-corrected chi connectivity index (χ4v) is 3.84. The van der Waals surface area contributed by atoms with Gasteiger partial charge in [-0.2, -0.15) is 0 Å². The molecule has 1 N–H and O–H groups in total. The van der Waals surface area contributed by atoms with Gasteiger partial charge in [0.1, 0.15) is 6.10 Å². The second-order valence-corrected chi connectivity index (χ2v) is 6.92. The number of aliphatic hydroxyl groups is 1. The Morgan fingerprint density at radius 3 is 2.71 bits per heavy atom. The third-order valence-electron chi connectivity index (χ3n) is 3.30. The molecular formula is C14H13BrOS. The van der Waals surface area contributed by atoms with E-state index in [1.54, 1.807) is 11.3 Å². The molecular weight excluding hydrogens is 296 g/mol. The number of aliphatic hydroxyl groups excluding tert-OH is 1. The Hall–Kier alpha value is -0.640. The van der Waals surface area contributed by atoms with Crippen LogP contribution in [0.25, 0.3) is 0 Å². The Morgan fingerprint density at radius 2 is 1.94 bits per heavy atom. The zero-order chi connectivity index (χ0) is 11.8. The normalized spacial score (nSPS) is 15.9. The molecule has 1 aromatic heterocycles. The molecule has 0 fully saturated rings. The van der Waals surface area contributed by atoms with Gasteiger partial charge in [0.2, 0.25) is 0 Å². The lowest BCUT2D eigenvalue weighted by molar-refractivity contribution is 0.224. The molecule has 1 unspecified atom stereocenters. The topological polar surface area (TPSA) is 20.2 Å². The van der Waals surface area contributed by atoms with Crippen molar-refractivity contribution < 1.29 is 5.11 Å². The number of aryl methyl sites for hydroxylation is 2. The number of thiophene rings is 1. The monoisotopic (exact) mass is 308 g/mol. The molecule has 1 nitrogen and oxygen atoms in total. The number of halogens is 1. The van der Waals surface area contributed by atoms with E-state index in [-0.39, 0.29) is 0 Å². The molecule has 0 saturated heterocycles. The lowest BCUT2D eigenvalue weighted by atomic mass is 10.0. The van der Waals surface area contributed by atoms with Crippen LogP contribution in [-0.4, -0.2) is 5.11 Å². The van der Waals surface area contributed by atoms with Crippen LogP contribution in [0.2, 0.25) is 0 Å². The minimum atomic E-state index is -0.489. The third-order valence-corrected chi connectivity index (χ3v) is 4.98. The minimum Gasteiger partial charge on any atom is -0.383 e. The Morgan fingerprint density at radius 1 is 1.12 bits per heavy atom. The van der Waals surface area contributed by atoms with Crippen LogP contribution in [0, 0.1) is 0 Å². The molecule has 1 atom stereocenters. The van der Waals surface area contributed by atoms with Crippen molar-refractivity contribution in [2.24, 2.45) is 0 Å². The van der Waals surface area contributed by atoms with E-state index in [0.717, 1.165) is 20.6 Å². The van der Waals surface area contributed by atoms with E-state index in [9.17, 15) is 5.11 Å². The maximum absolute atomic E-state index is 10.3. The molecule has 88 valence electrons. The van der Waals surface area contributed by atoms with Crippen LogP contribution < -0.4 is 0 Å². The Labute approximate surface area is 113 Å². The van der Waals surface area contributed by atoms with E-state index in [4.69, 9.17) is 0 Å². The van der Waals surface area contributed by atoms with Crippen LogP contribution >= 0.6 is 27.3 Å². The summed E-state index contributed by atoms with van der Waals surface area (Å²) in [7, 11) is 0. The van der Waals surface area contributed by atoms with Crippen molar-refractivity contribution in [1.82, 2.24) is 0 Å². The van der Waals surface area contributed by atoms with Gasteiger partial charge in [-0.05, 0) is 64.0 Å². The van der Waals surface area contributed by atoms with E-state index < -0.39 is 6.10 Å². The molecule has 0 bridgehead atoms. The molecule has 3 rings (SSSR count). The van der Waals surface area contributed by atoms with Gasteiger partial charge in [0.15, 0.2) is 0 Å². The average Bonchev–Trinajstić information content (AvgIpc) is 2.95. The predicted octanol–water partition coefficient (Wildman–Crippen LogP) is 4.08. The highest BCUT2D eigenvalue weighted by atomic mass is 79.9. The van der Waals surface area contributed by atoms with Gasteiger partial charge < -0.3 is 5.11 Å². The predicted molar refractivity (Wildman–Crippen MR) is 74.5 cm³/mol. The second-order valence-electron chi connectivity index (χ2n) is 4.43. The summed E-state index contributed by atoms with van der Waals surface area (Å²) in [6.07, 6.45) is 3.11. The minimum absolute atomic E-state index is 0.489. The maximum atomic E-state index is 10.3. The quantitative estimate of drug-likeness (QED) is 0.886. The van der Waals surface area contributed by atoms with Crippen molar-refractivity contribution in [3.63, 3.8) is 0 Å². The Kier molecular flexibility index (Phi) is 3.07. The van der Waals surface area contributed by atoms with Crippen molar-refractivity contribution in [1.29, 1.82) is 0 Å². The maximum Gasteiger partial charge on any atom is 0.113 e. The van der Waals surface area contributed by atoms with E-state index in [1.165, 1.54) is 24.0 Å². The van der Waals surface area contributed by atoms with Gasteiger partial charge in [0, 0.05) is 4.88 Å².